The molecule has 0 amide bonds. The Labute approximate surface area is 91.3 Å². The molecule has 1 aliphatic rings. The zero-order valence-electron chi connectivity index (χ0n) is 9.58. The lowest BCUT2D eigenvalue weighted by molar-refractivity contribution is 0.321. The van der Waals surface area contributed by atoms with Crippen LogP contribution in [0.1, 0.15) is 20.3 Å². The van der Waals surface area contributed by atoms with Gasteiger partial charge < -0.3 is 10.2 Å². The summed E-state index contributed by atoms with van der Waals surface area (Å²) in [6.07, 6.45) is 1.24. The topological polar surface area (TPSA) is 27.6 Å². The van der Waals surface area contributed by atoms with Gasteiger partial charge in [-0.2, -0.15) is 0 Å². The molecule has 2 unspecified atom stereocenters. The van der Waals surface area contributed by atoms with Crippen LogP contribution in [0.4, 0.5) is 0 Å². The molecule has 2 atom stereocenters. The zero-order chi connectivity index (χ0) is 10.6. The molecule has 1 saturated heterocycles. The molecule has 1 rings (SSSR count). The smallest absolute Gasteiger partial charge is 0.156 e. The van der Waals surface area contributed by atoms with Gasteiger partial charge in [0.1, 0.15) is 0 Å². The molecule has 0 aromatic rings. The summed E-state index contributed by atoms with van der Waals surface area (Å²) < 4.78 is 0. The van der Waals surface area contributed by atoms with Gasteiger partial charge in [-0.3, -0.25) is 4.99 Å². The predicted octanol–water partition coefficient (Wildman–Crippen LogP) is 1.41. The maximum atomic E-state index is 4.58. The second kappa shape index (κ2) is 5.61. The van der Waals surface area contributed by atoms with Gasteiger partial charge in [-0.1, -0.05) is 11.8 Å². The van der Waals surface area contributed by atoms with Crippen molar-refractivity contribution in [1.29, 1.82) is 0 Å². The van der Waals surface area contributed by atoms with Gasteiger partial charge in [0.05, 0.1) is 6.54 Å². The van der Waals surface area contributed by atoms with Crippen molar-refractivity contribution in [3.8, 4) is 0 Å². The van der Waals surface area contributed by atoms with Gasteiger partial charge in [-0.05, 0) is 34.4 Å². The van der Waals surface area contributed by atoms with Gasteiger partial charge in [0, 0.05) is 17.8 Å². The van der Waals surface area contributed by atoms with Crippen molar-refractivity contribution in [3.05, 3.63) is 0 Å². The van der Waals surface area contributed by atoms with Crippen LogP contribution in [0.25, 0.3) is 0 Å². The average molecular weight is 215 g/mol. The van der Waals surface area contributed by atoms with Gasteiger partial charge in [-0.25, -0.2) is 0 Å². The van der Waals surface area contributed by atoms with E-state index in [0.29, 0.717) is 12.1 Å². The van der Waals surface area contributed by atoms with Gasteiger partial charge in [0.25, 0.3) is 0 Å². The molecule has 1 N–H and O–H groups in total. The molecule has 0 aliphatic carbocycles. The summed E-state index contributed by atoms with van der Waals surface area (Å²) in [6.45, 7) is 5.29. The molecule has 82 valence electrons. The van der Waals surface area contributed by atoms with Crippen molar-refractivity contribution in [2.75, 3.05) is 26.4 Å². The Morgan fingerprint density at radius 2 is 2.36 bits per heavy atom. The molecule has 1 fully saturated rings. The van der Waals surface area contributed by atoms with Crippen LogP contribution in [0.5, 0.6) is 0 Å². The summed E-state index contributed by atoms with van der Waals surface area (Å²) in [4.78, 5) is 6.78. The highest BCUT2D eigenvalue weighted by Crippen LogP contribution is 2.13. The van der Waals surface area contributed by atoms with Crippen molar-refractivity contribution < 1.29 is 0 Å². The van der Waals surface area contributed by atoms with Crippen LogP contribution in [0.3, 0.4) is 0 Å². The first kappa shape index (κ1) is 11.9. The van der Waals surface area contributed by atoms with Crippen molar-refractivity contribution in [1.82, 2.24) is 10.2 Å². The molecule has 0 radical (unpaired) electrons. The molecule has 14 heavy (non-hydrogen) atoms. The third-order valence-corrected chi connectivity index (χ3v) is 3.50. The van der Waals surface area contributed by atoms with E-state index in [1.54, 1.807) is 0 Å². The highest BCUT2D eigenvalue weighted by molar-refractivity contribution is 8.13. The van der Waals surface area contributed by atoms with Crippen molar-refractivity contribution in [2.45, 2.75) is 32.4 Å². The minimum Gasteiger partial charge on any atom is -0.362 e. The van der Waals surface area contributed by atoms with E-state index in [9.17, 15) is 0 Å². The third kappa shape index (κ3) is 3.88. The van der Waals surface area contributed by atoms with Gasteiger partial charge in [0.2, 0.25) is 0 Å². The van der Waals surface area contributed by atoms with Crippen LogP contribution in [-0.4, -0.2) is 48.5 Å². The molecule has 0 aromatic carbocycles. The van der Waals surface area contributed by atoms with Gasteiger partial charge in [0.15, 0.2) is 5.17 Å². The number of hydrogen-bond acceptors (Lipinski definition) is 3. The SMILES string of the molecule is CC1CCSC(=NCC(C)N(C)C)N1. The monoisotopic (exact) mass is 215 g/mol. The second-order valence-corrected chi connectivity index (χ2v) is 5.22. The van der Waals surface area contributed by atoms with Crippen LogP contribution in [0.15, 0.2) is 4.99 Å². The first-order valence-electron chi connectivity index (χ1n) is 5.20. The summed E-state index contributed by atoms with van der Waals surface area (Å²) >= 11 is 1.84. The molecular formula is C10H21N3S. The molecule has 1 aliphatic heterocycles. The quantitative estimate of drug-likeness (QED) is 0.771. The van der Waals surface area contributed by atoms with E-state index in [1.807, 2.05) is 11.8 Å². The first-order valence-corrected chi connectivity index (χ1v) is 6.18. The number of aliphatic imine (C=N–C) groups is 1. The number of nitrogens with one attached hydrogen (secondary N) is 1. The Balaban J connectivity index is 2.36. The van der Waals surface area contributed by atoms with Gasteiger partial charge in [-0.15, -0.1) is 0 Å². The molecule has 3 nitrogen and oxygen atoms in total. The average Bonchev–Trinajstić information content (AvgIpc) is 2.14. The van der Waals surface area contributed by atoms with Gasteiger partial charge >= 0.3 is 0 Å². The summed E-state index contributed by atoms with van der Waals surface area (Å²) in [5.74, 6) is 1.20. The first-order chi connectivity index (χ1) is 6.59. The molecular weight excluding hydrogens is 194 g/mol. The normalized spacial score (nSPS) is 27.8. The minimum absolute atomic E-state index is 0.516. The lowest BCUT2D eigenvalue weighted by Crippen LogP contribution is -2.36. The minimum atomic E-state index is 0.516. The molecule has 0 spiro atoms. The van der Waals surface area contributed by atoms with Crippen LogP contribution in [-0.2, 0) is 0 Å². The maximum Gasteiger partial charge on any atom is 0.156 e. The fraction of sp³-hybridized carbons (Fsp3) is 0.900. The van der Waals surface area contributed by atoms with Crippen molar-refractivity contribution >= 4 is 16.9 Å². The Bertz CT molecular complexity index is 204. The number of nitrogens with zero attached hydrogens (tertiary/aromatic N) is 2. The number of rotatable bonds is 3. The van der Waals surface area contributed by atoms with Crippen molar-refractivity contribution in [2.24, 2.45) is 4.99 Å². The van der Waals surface area contributed by atoms with Crippen LogP contribution < -0.4 is 5.32 Å². The standard InChI is InChI=1S/C10H21N3S/c1-8-5-6-14-10(12-8)11-7-9(2)13(3)4/h8-9H,5-7H2,1-4H3,(H,11,12). The number of thioether (sulfide) groups is 1. The number of likely N-dealkylation sites (N-methyl/N-ethyl adjacent to an activating group) is 1. The highest BCUT2D eigenvalue weighted by Gasteiger charge is 2.13. The summed E-state index contributed by atoms with van der Waals surface area (Å²) in [5, 5.41) is 4.53. The summed E-state index contributed by atoms with van der Waals surface area (Å²) in [6, 6.07) is 1.10. The van der Waals surface area contributed by atoms with E-state index in [4.69, 9.17) is 0 Å². The molecule has 0 aromatic heterocycles. The second-order valence-electron chi connectivity index (χ2n) is 4.14. The fourth-order valence-electron chi connectivity index (χ4n) is 1.13. The van der Waals surface area contributed by atoms with Crippen LogP contribution in [0.2, 0.25) is 0 Å². The fourth-order valence-corrected chi connectivity index (χ4v) is 2.24. The Morgan fingerprint density at radius 1 is 1.64 bits per heavy atom. The number of amidine groups is 1. The Kier molecular flexibility index (Phi) is 4.75. The Morgan fingerprint density at radius 3 is 2.93 bits per heavy atom. The molecule has 0 bridgehead atoms. The summed E-state index contributed by atoms with van der Waals surface area (Å²) in [7, 11) is 4.18. The lowest BCUT2D eigenvalue weighted by atomic mass is 10.3. The third-order valence-electron chi connectivity index (χ3n) is 2.54. The zero-order valence-corrected chi connectivity index (χ0v) is 10.4. The summed E-state index contributed by atoms with van der Waals surface area (Å²) in [5.41, 5.74) is 0. The van der Waals surface area contributed by atoms with E-state index in [0.717, 1.165) is 11.7 Å². The van der Waals surface area contributed by atoms with E-state index in [2.05, 4.69) is 43.2 Å². The molecule has 1 heterocycles. The van der Waals surface area contributed by atoms with E-state index >= 15 is 0 Å². The highest BCUT2D eigenvalue weighted by atomic mass is 32.2. The largest absolute Gasteiger partial charge is 0.362 e. The number of hydrogen-bond donors (Lipinski definition) is 1. The predicted molar refractivity (Wildman–Crippen MR) is 65.1 cm³/mol. The van der Waals surface area contributed by atoms with E-state index in [-0.39, 0.29) is 0 Å². The van der Waals surface area contributed by atoms with E-state index in [1.165, 1.54) is 12.2 Å². The van der Waals surface area contributed by atoms with Crippen LogP contribution in [0, 0.1) is 0 Å². The Hall–Kier alpha value is -0.220. The maximum absolute atomic E-state index is 4.58. The lowest BCUT2D eigenvalue weighted by Gasteiger charge is -2.23. The van der Waals surface area contributed by atoms with Crippen molar-refractivity contribution in [3.63, 3.8) is 0 Å². The molecule has 0 saturated carbocycles. The molecule has 4 heteroatoms. The van der Waals surface area contributed by atoms with E-state index < -0.39 is 0 Å². The van der Waals surface area contributed by atoms with Crippen LogP contribution >= 0.6 is 11.8 Å².